The van der Waals surface area contributed by atoms with Crippen molar-refractivity contribution in [3.63, 3.8) is 0 Å². The first kappa shape index (κ1) is 13.7. The number of aliphatic carboxylic acids is 1. The first-order valence-electron chi connectivity index (χ1n) is 7.05. The minimum Gasteiger partial charge on any atom is -0.481 e. The molecule has 0 radical (unpaired) electrons. The molecule has 21 heavy (non-hydrogen) atoms. The van der Waals surface area contributed by atoms with Crippen molar-refractivity contribution in [1.29, 1.82) is 0 Å². The third kappa shape index (κ3) is 2.28. The van der Waals surface area contributed by atoms with Crippen LogP contribution in [-0.2, 0) is 4.79 Å². The molecule has 1 aliphatic rings. The number of fused-ring (bicyclic) bond motifs is 1. The van der Waals surface area contributed by atoms with Crippen LogP contribution in [0.4, 0.5) is 5.69 Å². The van der Waals surface area contributed by atoms with Gasteiger partial charge in [0.25, 0.3) is 0 Å². The number of aromatic nitrogens is 1. The Morgan fingerprint density at radius 2 is 2.24 bits per heavy atom. The van der Waals surface area contributed by atoms with E-state index in [2.05, 4.69) is 4.98 Å². The Hall–Kier alpha value is -2.30. The van der Waals surface area contributed by atoms with Gasteiger partial charge >= 0.3 is 5.97 Å². The lowest BCUT2D eigenvalue weighted by atomic mass is 10.1. The maximum atomic E-state index is 11.4. The van der Waals surface area contributed by atoms with Gasteiger partial charge in [0.2, 0.25) is 5.88 Å². The molecule has 0 saturated carbocycles. The van der Waals surface area contributed by atoms with Crippen LogP contribution in [0, 0.1) is 6.92 Å². The van der Waals surface area contributed by atoms with Crippen molar-refractivity contribution in [2.75, 3.05) is 18.6 Å². The average molecular weight is 286 g/mol. The third-order valence-electron chi connectivity index (χ3n) is 3.99. The van der Waals surface area contributed by atoms with Crippen molar-refractivity contribution in [3.05, 3.63) is 30.0 Å². The van der Waals surface area contributed by atoms with E-state index in [1.54, 1.807) is 7.11 Å². The summed E-state index contributed by atoms with van der Waals surface area (Å²) in [5, 5.41) is 11.3. The predicted molar refractivity (Wildman–Crippen MR) is 81.0 cm³/mol. The molecular formula is C16H18N2O3. The molecule has 0 aliphatic carbocycles. The van der Waals surface area contributed by atoms with Crippen LogP contribution in [0.2, 0.25) is 0 Å². The summed E-state index contributed by atoms with van der Waals surface area (Å²) in [5.74, 6) is -0.180. The van der Waals surface area contributed by atoms with Gasteiger partial charge in [-0.05, 0) is 38.0 Å². The topological polar surface area (TPSA) is 62.7 Å². The van der Waals surface area contributed by atoms with Gasteiger partial charge in [-0.3, -0.25) is 0 Å². The summed E-state index contributed by atoms with van der Waals surface area (Å²) in [5.41, 5.74) is 1.80. The number of hydrogen-bond donors (Lipinski definition) is 1. The van der Waals surface area contributed by atoms with Crippen LogP contribution in [0.5, 0.6) is 5.88 Å². The number of ether oxygens (including phenoxy) is 1. The molecule has 0 bridgehead atoms. The zero-order valence-electron chi connectivity index (χ0n) is 12.2. The smallest absolute Gasteiger partial charge is 0.326 e. The number of anilines is 1. The van der Waals surface area contributed by atoms with Crippen LogP contribution < -0.4 is 9.64 Å². The molecule has 1 unspecified atom stereocenters. The van der Waals surface area contributed by atoms with Crippen LogP contribution in [-0.4, -0.2) is 35.8 Å². The number of carboxylic acid groups (broad SMARTS) is 1. The number of carbonyl (C=O) groups is 1. The summed E-state index contributed by atoms with van der Waals surface area (Å²) in [6, 6.07) is 7.40. The van der Waals surface area contributed by atoms with E-state index in [4.69, 9.17) is 4.74 Å². The number of carboxylic acids is 1. The molecule has 1 saturated heterocycles. The predicted octanol–water partition coefficient (Wildman–Crippen LogP) is 2.61. The summed E-state index contributed by atoms with van der Waals surface area (Å²) >= 11 is 0. The van der Waals surface area contributed by atoms with E-state index < -0.39 is 12.0 Å². The van der Waals surface area contributed by atoms with Gasteiger partial charge in [-0.1, -0.05) is 6.07 Å². The molecule has 1 atom stereocenters. The highest BCUT2D eigenvalue weighted by atomic mass is 16.5. The largest absolute Gasteiger partial charge is 0.481 e. The highest BCUT2D eigenvalue weighted by molar-refractivity contribution is 5.98. The van der Waals surface area contributed by atoms with Gasteiger partial charge in [0.05, 0.1) is 7.11 Å². The summed E-state index contributed by atoms with van der Waals surface area (Å²) in [7, 11) is 1.60. The van der Waals surface area contributed by atoms with E-state index in [-0.39, 0.29) is 0 Å². The van der Waals surface area contributed by atoms with Crippen LogP contribution in [0.15, 0.2) is 24.3 Å². The second kappa shape index (κ2) is 5.24. The number of pyridine rings is 1. The fourth-order valence-corrected chi connectivity index (χ4v) is 3.07. The second-order valence-electron chi connectivity index (χ2n) is 5.33. The van der Waals surface area contributed by atoms with Gasteiger partial charge in [-0.25, -0.2) is 9.78 Å². The van der Waals surface area contributed by atoms with E-state index in [1.165, 1.54) is 0 Å². The number of aryl methyl sites for hydroxylation is 1. The average Bonchev–Trinajstić information content (AvgIpc) is 2.95. The van der Waals surface area contributed by atoms with E-state index in [1.807, 2.05) is 36.1 Å². The van der Waals surface area contributed by atoms with Crippen LogP contribution in [0.1, 0.15) is 18.5 Å². The molecule has 3 rings (SSSR count). The first-order valence-corrected chi connectivity index (χ1v) is 7.05. The Morgan fingerprint density at radius 1 is 1.43 bits per heavy atom. The molecule has 1 aromatic heterocycles. The first-order chi connectivity index (χ1) is 10.1. The lowest BCUT2D eigenvalue weighted by molar-refractivity contribution is -0.138. The summed E-state index contributed by atoms with van der Waals surface area (Å²) in [4.78, 5) is 17.8. The normalized spacial score (nSPS) is 18.2. The Kier molecular flexibility index (Phi) is 3.41. The zero-order valence-corrected chi connectivity index (χ0v) is 12.2. The molecule has 0 amide bonds. The molecule has 1 fully saturated rings. The third-order valence-corrected chi connectivity index (χ3v) is 3.99. The Morgan fingerprint density at radius 3 is 2.95 bits per heavy atom. The molecule has 0 spiro atoms. The lowest BCUT2D eigenvalue weighted by Gasteiger charge is -2.25. The van der Waals surface area contributed by atoms with Gasteiger partial charge in [-0.2, -0.15) is 0 Å². The van der Waals surface area contributed by atoms with E-state index in [0.29, 0.717) is 12.3 Å². The van der Waals surface area contributed by atoms with Gasteiger partial charge in [0, 0.05) is 28.7 Å². The van der Waals surface area contributed by atoms with Crippen LogP contribution in [0.3, 0.4) is 0 Å². The summed E-state index contributed by atoms with van der Waals surface area (Å²) < 4.78 is 5.35. The van der Waals surface area contributed by atoms with Crippen molar-refractivity contribution in [1.82, 2.24) is 4.98 Å². The minimum absolute atomic E-state index is 0.449. The SMILES string of the molecule is COc1nc(C)cc2c(N3CCCC3C(=O)O)cccc12. The monoisotopic (exact) mass is 286 g/mol. The second-order valence-corrected chi connectivity index (χ2v) is 5.33. The highest BCUT2D eigenvalue weighted by Gasteiger charge is 2.31. The number of rotatable bonds is 3. The Labute approximate surface area is 123 Å². The Balaban J connectivity index is 2.19. The van der Waals surface area contributed by atoms with Crippen LogP contribution >= 0.6 is 0 Å². The van der Waals surface area contributed by atoms with Gasteiger partial charge in [-0.15, -0.1) is 0 Å². The van der Waals surface area contributed by atoms with E-state index in [0.717, 1.165) is 35.1 Å². The molecule has 110 valence electrons. The maximum Gasteiger partial charge on any atom is 0.326 e. The van der Waals surface area contributed by atoms with Crippen molar-refractivity contribution in [2.24, 2.45) is 0 Å². The molecule has 5 heteroatoms. The summed E-state index contributed by atoms with van der Waals surface area (Å²) in [6.45, 7) is 2.68. The molecule has 1 aromatic carbocycles. The van der Waals surface area contributed by atoms with Gasteiger partial charge in [0.1, 0.15) is 6.04 Å². The number of benzene rings is 1. The summed E-state index contributed by atoms with van der Waals surface area (Å²) in [6.07, 6.45) is 1.58. The maximum absolute atomic E-state index is 11.4. The molecule has 1 aliphatic heterocycles. The van der Waals surface area contributed by atoms with E-state index in [9.17, 15) is 9.90 Å². The lowest BCUT2D eigenvalue weighted by Crippen LogP contribution is -2.35. The molecule has 2 aromatic rings. The molecule has 2 heterocycles. The zero-order chi connectivity index (χ0) is 15.0. The van der Waals surface area contributed by atoms with Gasteiger partial charge < -0.3 is 14.7 Å². The number of methoxy groups -OCH3 is 1. The molecule has 5 nitrogen and oxygen atoms in total. The molecular weight excluding hydrogens is 268 g/mol. The Bertz CT molecular complexity index is 699. The van der Waals surface area contributed by atoms with Crippen molar-refractivity contribution in [3.8, 4) is 5.88 Å². The standard InChI is InChI=1S/C16H18N2O3/c1-10-9-12-11(15(17-10)21-2)5-3-6-13(12)18-8-4-7-14(18)16(19)20/h3,5-6,9,14H,4,7-8H2,1-2H3,(H,19,20). The quantitative estimate of drug-likeness (QED) is 0.939. The van der Waals surface area contributed by atoms with E-state index >= 15 is 0 Å². The number of hydrogen-bond acceptors (Lipinski definition) is 4. The van der Waals surface area contributed by atoms with Gasteiger partial charge in [0.15, 0.2) is 0 Å². The highest BCUT2D eigenvalue weighted by Crippen LogP contribution is 2.35. The van der Waals surface area contributed by atoms with Crippen molar-refractivity contribution >= 4 is 22.4 Å². The molecule has 1 N–H and O–H groups in total. The van der Waals surface area contributed by atoms with Crippen molar-refractivity contribution < 1.29 is 14.6 Å². The van der Waals surface area contributed by atoms with Crippen LogP contribution in [0.25, 0.3) is 10.8 Å². The number of nitrogens with zero attached hydrogens (tertiary/aromatic N) is 2. The van der Waals surface area contributed by atoms with Crippen molar-refractivity contribution in [2.45, 2.75) is 25.8 Å². The fourth-order valence-electron chi connectivity index (χ4n) is 3.07. The fraction of sp³-hybridized carbons (Fsp3) is 0.375. The minimum atomic E-state index is -0.762.